The van der Waals surface area contributed by atoms with Gasteiger partial charge in [0.2, 0.25) is 18.3 Å². The van der Waals surface area contributed by atoms with E-state index < -0.39 is 24.7 Å². The van der Waals surface area contributed by atoms with Crippen molar-refractivity contribution in [2.45, 2.75) is 110 Å². The zero-order valence-electron chi connectivity index (χ0n) is 23.6. The molecule has 2 aliphatic carbocycles. The lowest BCUT2D eigenvalue weighted by Crippen LogP contribution is -2.26. The first kappa shape index (κ1) is 32.0. The zero-order chi connectivity index (χ0) is 29.8. The summed E-state index contributed by atoms with van der Waals surface area (Å²) in [6, 6.07) is 3.46. The van der Waals surface area contributed by atoms with Gasteiger partial charge in [0.1, 0.15) is 5.69 Å². The van der Waals surface area contributed by atoms with Gasteiger partial charge in [0.05, 0.1) is 24.6 Å². The molecule has 0 unspecified atom stereocenters. The highest BCUT2D eigenvalue weighted by atomic mass is 19.3. The highest BCUT2D eigenvalue weighted by molar-refractivity contribution is 5.92. The number of rotatable bonds is 9. The smallest absolute Gasteiger partial charge is 0.269 e. The lowest BCUT2D eigenvalue weighted by atomic mass is 9.97. The molecule has 0 radical (unpaired) electrons. The van der Waals surface area contributed by atoms with E-state index in [1.807, 2.05) is 13.8 Å². The van der Waals surface area contributed by atoms with E-state index in [1.165, 1.54) is 19.3 Å². The third-order valence-corrected chi connectivity index (χ3v) is 6.27. The van der Waals surface area contributed by atoms with Gasteiger partial charge in [-0.15, -0.1) is 0 Å². The van der Waals surface area contributed by atoms with Gasteiger partial charge in [-0.25, -0.2) is 27.1 Å². The number of halogens is 4. The van der Waals surface area contributed by atoms with Crippen LogP contribution in [0.3, 0.4) is 0 Å². The Morgan fingerprint density at radius 3 is 2.27 bits per heavy atom. The van der Waals surface area contributed by atoms with Gasteiger partial charge in [0.15, 0.2) is 5.65 Å². The molecule has 0 aromatic carbocycles. The van der Waals surface area contributed by atoms with Crippen LogP contribution in [0.5, 0.6) is 0 Å². The van der Waals surface area contributed by atoms with Crippen molar-refractivity contribution < 1.29 is 27.2 Å². The Bertz CT molecular complexity index is 1250. The number of carbonyl (C=O) groups excluding carboxylic acids is 2. The third-order valence-electron chi connectivity index (χ3n) is 6.27. The predicted octanol–water partition coefficient (Wildman–Crippen LogP) is 5.85. The van der Waals surface area contributed by atoms with E-state index in [-0.39, 0.29) is 44.3 Å². The van der Waals surface area contributed by atoms with Gasteiger partial charge in [-0.1, -0.05) is 25.7 Å². The Labute approximate surface area is 237 Å². The minimum absolute atomic E-state index is 0.0643. The Balaban J connectivity index is 0.000000347. The number of alkyl halides is 4. The Kier molecular flexibility index (Phi) is 12.1. The maximum Gasteiger partial charge on any atom is 0.269 e. The molecular weight excluding hydrogens is 542 g/mol. The summed E-state index contributed by atoms with van der Waals surface area (Å²) in [5.41, 5.74) is 2.32. The molecule has 3 aromatic rings. The van der Waals surface area contributed by atoms with Gasteiger partial charge < -0.3 is 10.6 Å². The normalized spacial score (nSPS) is 15.5. The second-order valence-corrected chi connectivity index (χ2v) is 10.5. The van der Waals surface area contributed by atoms with Crippen molar-refractivity contribution in [3.05, 3.63) is 47.7 Å². The van der Waals surface area contributed by atoms with E-state index in [1.54, 1.807) is 39.9 Å². The summed E-state index contributed by atoms with van der Waals surface area (Å²) in [5, 5.41) is 13.8. The fraction of sp³-hybridized carbons (Fsp3) is 0.607. The quantitative estimate of drug-likeness (QED) is 0.308. The van der Waals surface area contributed by atoms with Crippen LogP contribution in [0.4, 0.5) is 17.6 Å². The van der Waals surface area contributed by atoms with Crippen molar-refractivity contribution in [3.8, 4) is 0 Å². The molecule has 9 nitrogen and oxygen atoms in total. The Morgan fingerprint density at radius 2 is 1.68 bits per heavy atom. The molecule has 2 amide bonds. The van der Waals surface area contributed by atoms with Crippen molar-refractivity contribution in [1.29, 1.82) is 0 Å². The average molecular weight is 582 g/mol. The van der Waals surface area contributed by atoms with Crippen LogP contribution in [-0.2, 0) is 17.9 Å². The second-order valence-electron chi connectivity index (χ2n) is 10.5. The fourth-order valence-electron chi connectivity index (χ4n) is 3.91. The Morgan fingerprint density at radius 1 is 1.00 bits per heavy atom. The second kappa shape index (κ2) is 15.5. The molecule has 2 aliphatic rings. The molecule has 13 heteroatoms. The van der Waals surface area contributed by atoms with Crippen molar-refractivity contribution >= 4 is 17.5 Å². The van der Waals surface area contributed by atoms with Crippen LogP contribution in [0.2, 0.25) is 0 Å². The molecule has 2 fully saturated rings. The topological polar surface area (TPSA) is 106 Å². The number of nitrogens with zero attached hydrogens (tertiary/aromatic N) is 5. The van der Waals surface area contributed by atoms with Crippen LogP contribution in [0.15, 0.2) is 30.7 Å². The first-order valence-electron chi connectivity index (χ1n) is 14.1. The van der Waals surface area contributed by atoms with E-state index in [0.29, 0.717) is 35.4 Å². The molecule has 2 N–H and O–H groups in total. The molecule has 226 valence electrons. The van der Waals surface area contributed by atoms with Gasteiger partial charge in [0, 0.05) is 44.5 Å². The predicted molar refractivity (Wildman–Crippen MR) is 146 cm³/mol. The first-order valence-corrected chi connectivity index (χ1v) is 14.1. The minimum Gasteiger partial charge on any atom is -0.352 e. The summed E-state index contributed by atoms with van der Waals surface area (Å²) in [7, 11) is 0. The number of carbonyl (C=O) groups is 2. The molecule has 3 heterocycles. The van der Waals surface area contributed by atoms with Gasteiger partial charge in [-0.3, -0.25) is 14.3 Å². The highest BCUT2D eigenvalue weighted by Gasteiger charge is 2.30. The van der Waals surface area contributed by atoms with E-state index in [2.05, 4.69) is 25.8 Å². The van der Waals surface area contributed by atoms with Crippen molar-refractivity contribution in [3.63, 3.8) is 0 Å². The molecule has 5 rings (SSSR count). The highest BCUT2D eigenvalue weighted by Crippen LogP contribution is 2.32. The van der Waals surface area contributed by atoms with Crippen LogP contribution < -0.4 is 10.6 Å². The summed E-state index contributed by atoms with van der Waals surface area (Å²) in [4.78, 5) is 28.4. The number of amides is 2. The molecule has 0 saturated heterocycles. The molecule has 0 spiro atoms. The van der Waals surface area contributed by atoms with E-state index >= 15 is 0 Å². The maximum absolute atomic E-state index is 12.4. The third kappa shape index (κ3) is 11.5. The number of imidazole rings is 1. The number of fused-ring (bicyclic) bond motifs is 1. The monoisotopic (exact) mass is 581 g/mol. The van der Waals surface area contributed by atoms with Crippen molar-refractivity contribution in [2.75, 3.05) is 0 Å². The number of nitrogens with one attached hydrogen (secondary N) is 2. The molecule has 41 heavy (non-hydrogen) atoms. The number of hydrogen-bond donors (Lipinski definition) is 2. The van der Waals surface area contributed by atoms with Gasteiger partial charge in [0.25, 0.3) is 5.91 Å². The number of aromatic nitrogens is 5. The van der Waals surface area contributed by atoms with Crippen LogP contribution in [-0.4, -0.2) is 48.5 Å². The fourth-order valence-corrected chi connectivity index (χ4v) is 3.91. The largest absolute Gasteiger partial charge is 0.352 e. The van der Waals surface area contributed by atoms with Crippen LogP contribution >= 0.6 is 0 Å². The summed E-state index contributed by atoms with van der Waals surface area (Å²) >= 11 is 0. The SMILES string of the molecule is C1CC1.CC(C)n1nccc1C(=O)NCc1cn2ncc(CNC(=O)CCC(F)F)cc2n1.FC1(F)CCCCC1. The lowest BCUT2D eigenvalue weighted by molar-refractivity contribution is -0.122. The van der Waals surface area contributed by atoms with E-state index in [0.717, 1.165) is 6.42 Å². The molecule has 0 aliphatic heterocycles. The summed E-state index contributed by atoms with van der Waals surface area (Å²) in [6.45, 7) is 4.27. The van der Waals surface area contributed by atoms with Crippen LogP contribution in [0.25, 0.3) is 5.65 Å². The van der Waals surface area contributed by atoms with E-state index in [9.17, 15) is 27.2 Å². The zero-order valence-corrected chi connectivity index (χ0v) is 23.6. The van der Waals surface area contributed by atoms with Crippen molar-refractivity contribution in [1.82, 2.24) is 35.0 Å². The van der Waals surface area contributed by atoms with Crippen molar-refractivity contribution in [2.24, 2.45) is 0 Å². The average Bonchev–Trinajstić information content (AvgIpc) is 3.62. The van der Waals surface area contributed by atoms with Gasteiger partial charge in [-0.2, -0.15) is 10.2 Å². The van der Waals surface area contributed by atoms with Gasteiger partial charge in [-0.05, 0) is 44.4 Å². The summed E-state index contributed by atoms with van der Waals surface area (Å²) in [5.74, 6) is -3.01. The molecule has 0 bridgehead atoms. The number of hydrogen-bond acceptors (Lipinski definition) is 5. The maximum atomic E-state index is 12.4. The summed E-state index contributed by atoms with van der Waals surface area (Å²) in [6.07, 6.45) is 8.81. The summed E-state index contributed by atoms with van der Waals surface area (Å²) < 4.78 is 51.9. The van der Waals surface area contributed by atoms with Gasteiger partial charge >= 0.3 is 0 Å². The minimum atomic E-state index is -2.50. The van der Waals surface area contributed by atoms with Crippen LogP contribution in [0.1, 0.15) is 106 Å². The molecule has 2 saturated carbocycles. The van der Waals surface area contributed by atoms with E-state index in [4.69, 9.17) is 0 Å². The first-order chi connectivity index (χ1) is 19.5. The molecule has 0 atom stereocenters. The van der Waals surface area contributed by atoms with Crippen LogP contribution in [0, 0.1) is 0 Å². The lowest BCUT2D eigenvalue weighted by Gasteiger charge is -2.20. The molecule has 3 aromatic heterocycles. The molecular formula is C28H39F4N7O2. The standard InChI is InChI=1S/C19H23F2N7O2.C6H10F2.C3H6/c1-12(2)28-15(5-6-24-28)19(30)23-10-14-11-27-17(26-14)7-13(9-25-27)8-22-18(29)4-3-16(20)21;7-6(8)4-2-1-3-5-6;1-2-3-1/h5-7,9,11-12,16H,3-4,8,10H2,1-2H3,(H,22,29)(H,23,30);1-5H2;1-3H2. The Hall–Kier alpha value is -3.51.